The number of nitrogens with one attached hydrogen (secondary N) is 1. The Morgan fingerprint density at radius 3 is 2.25 bits per heavy atom. The highest BCUT2D eigenvalue weighted by Crippen LogP contribution is 2.32. The van der Waals surface area contributed by atoms with Crippen molar-refractivity contribution in [2.75, 3.05) is 24.5 Å². The van der Waals surface area contributed by atoms with E-state index >= 15 is 0 Å². The zero-order valence-electron chi connectivity index (χ0n) is 17.9. The fourth-order valence-corrected chi connectivity index (χ4v) is 4.07. The summed E-state index contributed by atoms with van der Waals surface area (Å²) in [7, 11) is 0. The van der Waals surface area contributed by atoms with Crippen LogP contribution in [0.5, 0.6) is 0 Å². The smallest absolute Gasteiger partial charge is 0.0991 e. The maximum atomic E-state index is 9.18. The van der Waals surface area contributed by atoms with Crippen LogP contribution in [0.15, 0.2) is 66.7 Å². The monoisotopic (exact) mass is 420 g/mol. The van der Waals surface area contributed by atoms with Crippen LogP contribution in [0.3, 0.4) is 0 Å². The molecule has 0 saturated carbocycles. The fourth-order valence-electron chi connectivity index (χ4n) is 4.07. The number of nitrogens with two attached hydrogens (primary N) is 1. The lowest BCUT2D eigenvalue weighted by Crippen LogP contribution is -2.55. The molecule has 0 aliphatic carbocycles. The van der Waals surface area contributed by atoms with Crippen LogP contribution in [0.4, 0.5) is 5.69 Å². The van der Waals surface area contributed by atoms with Crippen LogP contribution in [-0.4, -0.2) is 35.8 Å². The van der Waals surface area contributed by atoms with Gasteiger partial charge in [0, 0.05) is 36.4 Å². The number of hydrogen-bond donors (Lipinski definition) is 2. The third-order valence-electron chi connectivity index (χ3n) is 5.83. The minimum Gasteiger partial charge on any atom is -0.367 e. The molecule has 1 aliphatic rings. The van der Waals surface area contributed by atoms with Crippen molar-refractivity contribution in [3.05, 3.63) is 77.9 Å². The normalized spacial score (nSPS) is 16.2. The van der Waals surface area contributed by atoms with Gasteiger partial charge in [0.15, 0.2) is 0 Å². The summed E-state index contributed by atoms with van der Waals surface area (Å²) in [6.07, 6.45) is -0.0383. The van der Waals surface area contributed by atoms with Gasteiger partial charge in [-0.05, 0) is 37.3 Å². The molecule has 0 radical (unpaired) electrons. The number of benzene rings is 3. The Kier molecular flexibility index (Phi) is 5.28. The lowest BCUT2D eigenvalue weighted by atomic mass is 10.0. The maximum absolute atomic E-state index is 9.18. The first-order chi connectivity index (χ1) is 15.6. The van der Waals surface area contributed by atoms with Crippen molar-refractivity contribution in [1.29, 1.82) is 5.26 Å². The highest BCUT2D eigenvalue weighted by atomic mass is 15.2. The van der Waals surface area contributed by atoms with E-state index in [4.69, 9.17) is 15.7 Å². The topological polar surface area (TPSA) is 90.9 Å². The Hall–Kier alpha value is -3.79. The molecular formula is C26H24N6. The lowest BCUT2D eigenvalue weighted by molar-refractivity contribution is 0.469. The van der Waals surface area contributed by atoms with E-state index in [1.165, 1.54) is 5.56 Å². The van der Waals surface area contributed by atoms with Crippen molar-refractivity contribution in [2.24, 2.45) is 5.73 Å². The summed E-state index contributed by atoms with van der Waals surface area (Å²) in [6.45, 7) is 4.58. The van der Waals surface area contributed by atoms with Crippen LogP contribution in [0.2, 0.25) is 0 Å². The van der Waals surface area contributed by atoms with Crippen LogP contribution in [0.1, 0.15) is 11.1 Å². The molecule has 1 aromatic heterocycles. The largest absolute Gasteiger partial charge is 0.367 e. The summed E-state index contributed by atoms with van der Waals surface area (Å²) in [5.41, 5.74) is 14.3. The molecule has 4 aromatic rings. The Balaban J connectivity index is 1.66. The van der Waals surface area contributed by atoms with Crippen LogP contribution >= 0.6 is 0 Å². The highest BCUT2D eigenvalue weighted by Gasteiger charge is 2.18. The molecule has 2 heterocycles. The summed E-state index contributed by atoms with van der Waals surface area (Å²) < 4.78 is 0. The van der Waals surface area contributed by atoms with Gasteiger partial charge in [-0.3, -0.25) is 5.32 Å². The molecule has 1 atom stereocenters. The Morgan fingerprint density at radius 2 is 1.59 bits per heavy atom. The van der Waals surface area contributed by atoms with Gasteiger partial charge in [0.2, 0.25) is 0 Å². The number of aromatic nitrogens is 2. The molecule has 6 heteroatoms. The predicted octanol–water partition coefficient (Wildman–Crippen LogP) is 3.84. The third kappa shape index (κ3) is 3.92. The summed E-state index contributed by atoms with van der Waals surface area (Å²) in [5.74, 6) is 0. The van der Waals surface area contributed by atoms with Crippen LogP contribution < -0.4 is 16.0 Å². The standard InChI is InChI=1S/C26H24N6/c1-17-2-6-19(7-3-17)25-26(20-8-4-18(15-27)5-9-20)31-23-14-21(10-11-22(23)30-25)32-13-12-29-24(28)16-32/h2-11,14,24,29H,12-13,16,28H2,1H3. The van der Waals surface area contributed by atoms with E-state index in [0.29, 0.717) is 5.56 Å². The van der Waals surface area contributed by atoms with Gasteiger partial charge in [-0.25, -0.2) is 9.97 Å². The zero-order valence-corrected chi connectivity index (χ0v) is 17.9. The highest BCUT2D eigenvalue weighted by molar-refractivity contribution is 5.88. The molecule has 0 bridgehead atoms. The van der Waals surface area contributed by atoms with Gasteiger partial charge < -0.3 is 10.6 Å². The van der Waals surface area contributed by atoms with Gasteiger partial charge in [0.05, 0.1) is 40.2 Å². The second-order valence-corrected chi connectivity index (χ2v) is 8.16. The summed E-state index contributed by atoms with van der Waals surface area (Å²) in [4.78, 5) is 12.3. The SMILES string of the molecule is Cc1ccc(-c2nc3ccc(N4CCNC(N)C4)cc3nc2-c2ccc(C#N)cc2)cc1. The Morgan fingerprint density at radius 1 is 0.938 bits per heavy atom. The number of anilines is 1. The molecule has 1 saturated heterocycles. The quantitative estimate of drug-likeness (QED) is 0.523. The maximum Gasteiger partial charge on any atom is 0.0991 e. The van der Waals surface area contributed by atoms with Gasteiger partial charge in [-0.15, -0.1) is 0 Å². The van der Waals surface area contributed by atoms with Crippen molar-refractivity contribution in [3.8, 4) is 28.6 Å². The summed E-state index contributed by atoms with van der Waals surface area (Å²) in [5, 5.41) is 12.4. The van der Waals surface area contributed by atoms with Gasteiger partial charge in [-0.1, -0.05) is 42.0 Å². The summed E-state index contributed by atoms with van der Waals surface area (Å²) in [6, 6.07) is 24.2. The molecule has 0 spiro atoms. The van der Waals surface area contributed by atoms with E-state index in [-0.39, 0.29) is 6.17 Å². The second-order valence-electron chi connectivity index (χ2n) is 8.16. The molecule has 6 nitrogen and oxygen atoms in total. The first-order valence-electron chi connectivity index (χ1n) is 10.7. The number of hydrogen-bond acceptors (Lipinski definition) is 6. The van der Waals surface area contributed by atoms with Crippen LogP contribution in [0, 0.1) is 18.3 Å². The molecule has 3 aromatic carbocycles. The van der Waals surface area contributed by atoms with Gasteiger partial charge in [-0.2, -0.15) is 5.26 Å². The molecule has 1 unspecified atom stereocenters. The van der Waals surface area contributed by atoms with E-state index in [9.17, 15) is 5.26 Å². The predicted molar refractivity (Wildman–Crippen MR) is 128 cm³/mol. The number of rotatable bonds is 3. The van der Waals surface area contributed by atoms with Gasteiger partial charge in [0.1, 0.15) is 0 Å². The van der Waals surface area contributed by atoms with E-state index in [1.807, 2.05) is 30.3 Å². The number of nitriles is 1. The molecular weight excluding hydrogens is 396 g/mol. The molecule has 5 rings (SSSR count). The molecule has 1 fully saturated rings. The van der Waals surface area contributed by atoms with E-state index in [2.05, 4.69) is 59.6 Å². The third-order valence-corrected chi connectivity index (χ3v) is 5.83. The van der Waals surface area contributed by atoms with E-state index < -0.39 is 0 Å². The first kappa shape index (κ1) is 20.1. The van der Waals surface area contributed by atoms with Crippen LogP contribution in [-0.2, 0) is 0 Å². The number of nitrogens with zero attached hydrogens (tertiary/aromatic N) is 4. The van der Waals surface area contributed by atoms with Crippen molar-refractivity contribution in [1.82, 2.24) is 15.3 Å². The second kappa shape index (κ2) is 8.39. The average Bonchev–Trinajstić information content (AvgIpc) is 2.83. The minimum atomic E-state index is -0.0383. The number of fused-ring (bicyclic) bond motifs is 1. The van der Waals surface area contributed by atoms with Crippen molar-refractivity contribution in [2.45, 2.75) is 13.1 Å². The Labute approximate surface area is 187 Å². The minimum absolute atomic E-state index is 0.0383. The Bertz CT molecular complexity index is 1310. The van der Waals surface area contributed by atoms with E-state index in [0.717, 1.165) is 58.9 Å². The van der Waals surface area contributed by atoms with Gasteiger partial charge in [0.25, 0.3) is 0 Å². The molecule has 0 amide bonds. The number of piperazine rings is 1. The van der Waals surface area contributed by atoms with Gasteiger partial charge >= 0.3 is 0 Å². The molecule has 32 heavy (non-hydrogen) atoms. The van der Waals surface area contributed by atoms with Crippen LogP contribution in [0.25, 0.3) is 33.5 Å². The van der Waals surface area contributed by atoms with Crippen molar-refractivity contribution < 1.29 is 0 Å². The number of aryl methyl sites for hydroxylation is 1. The lowest BCUT2D eigenvalue weighted by Gasteiger charge is -2.33. The fraction of sp³-hybridized carbons (Fsp3) is 0.192. The average molecular weight is 421 g/mol. The molecule has 1 aliphatic heterocycles. The van der Waals surface area contributed by atoms with Crippen molar-refractivity contribution in [3.63, 3.8) is 0 Å². The molecule has 3 N–H and O–H groups in total. The van der Waals surface area contributed by atoms with Crippen molar-refractivity contribution >= 4 is 16.7 Å². The van der Waals surface area contributed by atoms with E-state index in [1.54, 1.807) is 0 Å². The molecule has 158 valence electrons. The summed E-state index contributed by atoms with van der Waals surface area (Å²) >= 11 is 0. The zero-order chi connectivity index (χ0) is 22.1. The first-order valence-corrected chi connectivity index (χ1v) is 10.7.